The minimum absolute atomic E-state index is 0.196. The van der Waals surface area contributed by atoms with Crippen LogP contribution in [0.1, 0.15) is 25.4 Å². The molecule has 15 heavy (non-hydrogen) atoms. The molecule has 0 atom stereocenters. The molecule has 1 heterocycles. The molecule has 0 aliphatic heterocycles. The van der Waals surface area contributed by atoms with Crippen LogP contribution in [0.2, 0.25) is 0 Å². The fraction of sp³-hybridized carbons (Fsp3) is 0.500. The Morgan fingerprint density at radius 1 is 1.60 bits per heavy atom. The molecule has 5 heteroatoms. The Morgan fingerprint density at radius 3 is 2.80 bits per heavy atom. The molecule has 3 N–H and O–H groups in total. The van der Waals surface area contributed by atoms with Gasteiger partial charge in [-0.2, -0.15) is 0 Å². The average Bonchev–Trinajstić information content (AvgIpc) is 2.12. The Balaban J connectivity index is 2.55. The van der Waals surface area contributed by atoms with Crippen LogP contribution in [-0.4, -0.2) is 21.4 Å². The van der Waals surface area contributed by atoms with Gasteiger partial charge >= 0.3 is 0 Å². The monoisotopic (exact) mass is 208 g/mol. The van der Waals surface area contributed by atoms with E-state index in [0.29, 0.717) is 12.4 Å². The van der Waals surface area contributed by atoms with Crippen molar-refractivity contribution in [2.45, 2.75) is 32.9 Å². The molecular weight excluding hydrogens is 192 g/mol. The van der Waals surface area contributed by atoms with Crippen LogP contribution in [0.3, 0.4) is 0 Å². The number of carbonyl (C=O) groups excluding carboxylic acids is 1. The summed E-state index contributed by atoms with van der Waals surface area (Å²) in [4.78, 5) is 19.6. The molecule has 0 radical (unpaired) electrons. The van der Waals surface area contributed by atoms with Gasteiger partial charge in [-0.15, -0.1) is 0 Å². The predicted molar refractivity (Wildman–Crippen MR) is 56.9 cm³/mol. The number of hydrogen-bond acceptors (Lipinski definition) is 4. The van der Waals surface area contributed by atoms with Gasteiger partial charge in [0, 0.05) is 6.20 Å². The van der Waals surface area contributed by atoms with E-state index in [1.54, 1.807) is 33.0 Å². The van der Waals surface area contributed by atoms with Gasteiger partial charge < -0.3 is 11.1 Å². The molecule has 5 nitrogen and oxygen atoms in total. The number of carbonyl (C=O) groups is 1. The molecule has 1 aromatic heterocycles. The summed E-state index contributed by atoms with van der Waals surface area (Å²) in [6.45, 7) is 5.50. The van der Waals surface area contributed by atoms with E-state index in [1.165, 1.54) is 0 Å². The number of rotatable bonds is 3. The van der Waals surface area contributed by atoms with Gasteiger partial charge in [0.15, 0.2) is 0 Å². The molecule has 0 fully saturated rings. The maximum atomic E-state index is 11.4. The largest absolute Gasteiger partial charge is 0.349 e. The zero-order chi connectivity index (χ0) is 11.5. The lowest BCUT2D eigenvalue weighted by molar-refractivity contribution is -0.125. The molecule has 1 rings (SSSR count). The third-order valence-corrected chi connectivity index (χ3v) is 1.85. The lowest BCUT2D eigenvalue weighted by atomic mass is 10.1. The molecule has 0 aliphatic carbocycles. The van der Waals surface area contributed by atoms with Gasteiger partial charge in [0.2, 0.25) is 5.91 Å². The van der Waals surface area contributed by atoms with Crippen LogP contribution in [0, 0.1) is 6.92 Å². The quantitative estimate of drug-likeness (QED) is 0.740. The molecule has 0 unspecified atom stereocenters. The van der Waals surface area contributed by atoms with Gasteiger partial charge in [0.05, 0.1) is 17.8 Å². The van der Waals surface area contributed by atoms with Gasteiger partial charge in [-0.1, -0.05) is 0 Å². The summed E-state index contributed by atoms with van der Waals surface area (Å²) >= 11 is 0. The Hall–Kier alpha value is -1.49. The fourth-order valence-electron chi connectivity index (χ4n) is 1.00. The topological polar surface area (TPSA) is 80.9 Å². The SMILES string of the molecule is Cc1nccc(CNC(=O)C(C)(C)N)n1. The first-order valence-corrected chi connectivity index (χ1v) is 4.75. The van der Waals surface area contributed by atoms with Crippen LogP contribution in [-0.2, 0) is 11.3 Å². The van der Waals surface area contributed by atoms with Crippen LogP contribution in [0.4, 0.5) is 0 Å². The van der Waals surface area contributed by atoms with Crippen LogP contribution >= 0.6 is 0 Å². The summed E-state index contributed by atoms with van der Waals surface area (Å²) in [7, 11) is 0. The molecule has 0 bridgehead atoms. The summed E-state index contributed by atoms with van der Waals surface area (Å²) in [5.74, 6) is 0.493. The third kappa shape index (κ3) is 3.63. The number of hydrogen-bond donors (Lipinski definition) is 2. The highest BCUT2D eigenvalue weighted by Crippen LogP contribution is 1.98. The Kier molecular flexibility index (Phi) is 3.36. The summed E-state index contributed by atoms with van der Waals surface area (Å²) < 4.78 is 0. The Labute approximate surface area is 89.1 Å². The van der Waals surface area contributed by atoms with Gasteiger partial charge in [0.25, 0.3) is 0 Å². The van der Waals surface area contributed by atoms with Crippen molar-refractivity contribution in [2.75, 3.05) is 0 Å². The van der Waals surface area contributed by atoms with E-state index in [0.717, 1.165) is 5.69 Å². The second-order valence-corrected chi connectivity index (χ2v) is 4.00. The van der Waals surface area contributed by atoms with E-state index in [4.69, 9.17) is 5.73 Å². The summed E-state index contributed by atoms with van der Waals surface area (Å²) in [6, 6.07) is 1.76. The third-order valence-electron chi connectivity index (χ3n) is 1.85. The fourth-order valence-corrected chi connectivity index (χ4v) is 1.00. The highest BCUT2D eigenvalue weighted by atomic mass is 16.2. The molecule has 0 saturated carbocycles. The Morgan fingerprint density at radius 2 is 2.27 bits per heavy atom. The summed E-state index contributed by atoms with van der Waals surface area (Å²) in [6.07, 6.45) is 1.66. The number of nitrogens with zero attached hydrogens (tertiary/aromatic N) is 2. The van der Waals surface area contributed by atoms with E-state index in [-0.39, 0.29) is 5.91 Å². The van der Waals surface area contributed by atoms with Gasteiger partial charge in [-0.3, -0.25) is 4.79 Å². The van der Waals surface area contributed by atoms with Gasteiger partial charge in [-0.05, 0) is 26.8 Å². The van der Waals surface area contributed by atoms with E-state index in [1.807, 2.05) is 0 Å². The first-order chi connectivity index (χ1) is 6.89. The zero-order valence-corrected chi connectivity index (χ0v) is 9.24. The van der Waals surface area contributed by atoms with Crippen LogP contribution in [0.5, 0.6) is 0 Å². The zero-order valence-electron chi connectivity index (χ0n) is 9.24. The number of aryl methyl sites for hydroxylation is 1. The average molecular weight is 208 g/mol. The lowest BCUT2D eigenvalue weighted by Gasteiger charge is -2.17. The maximum Gasteiger partial charge on any atom is 0.239 e. The maximum absolute atomic E-state index is 11.4. The van der Waals surface area contributed by atoms with Crippen molar-refractivity contribution in [3.05, 3.63) is 23.8 Å². The van der Waals surface area contributed by atoms with E-state index in [2.05, 4.69) is 15.3 Å². The van der Waals surface area contributed by atoms with Crippen molar-refractivity contribution in [1.29, 1.82) is 0 Å². The van der Waals surface area contributed by atoms with Crippen molar-refractivity contribution in [1.82, 2.24) is 15.3 Å². The second-order valence-electron chi connectivity index (χ2n) is 4.00. The van der Waals surface area contributed by atoms with Crippen molar-refractivity contribution in [3.63, 3.8) is 0 Å². The first-order valence-electron chi connectivity index (χ1n) is 4.75. The van der Waals surface area contributed by atoms with Crippen molar-refractivity contribution >= 4 is 5.91 Å². The van der Waals surface area contributed by atoms with E-state index >= 15 is 0 Å². The summed E-state index contributed by atoms with van der Waals surface area (Å²) in [5, 5.41) is 2.71. The highest BCUT2D eigenvalue weighted by molar-refractivity contribution is 5.84. The number of nitrogens with one attached hydrogen (secondary N) is 1. The molecule has 0 aromatic carbocycles. The van der Waals surface area contributed by atoms with Crippen molar-refractivity contribution < 1.29 is 4.79 Å². The van der Waals surface area contributed by atoms with Crippen LogP contribution in [0.25, 0.3) is 0 Å². The minimum atomic E-state index is -0.859. The summed E-state index contributed by atoms with van der Waals surface area (Å²) in [5.41, 5.74) is 5.55. The predicted octanol–water partition coefficient (Wildman–Crippen LogP) is 0.139. The second kappa shape index (κ2) is 4.35. The minimum Gasteiger partial charge on any atom is -0.349 e. The number of nitrogens with two attached hydrogens (primary N) is 1. The van der Waals surface area contributed by atoms with Crippen LogP contribution in [0.15, 0.2) is 12.3 Å². The normalized spacial score (nSPS) is 11.2. The molecule has 82 valence electrons. The van der Waals surface area contributed by atoms with Gasteiger partial charge in [0.1, 0.15) is 5.82 Å². The molecular formula is C10H16N4O. The van der Waals surface area contributed by atoms with Crippen LogP contribution < -0.4 is 11.1 Å². The first kappa shape index (κ1) is 11.6. The molecule has 1 amide bonds. The Bertz CT molecular complexity index is 357. The smallest absolute Gasteiger partial charge is 0.239 e. The molecule has 0 aliphatic rings. The lowest BCUT2D eigenvalue weighted by Crippen LogP contribution is -2.48. The standard InChI is InChI=1S/C10H16N4O/c1-7-12-5-4-8(14-7)6-13-9(15)10(2,3)11/h4-5H,6,11H2,1-3H3,(H,13,15). The number of aromatic nitrogens is 2. The molecule has 1 aromatic rings. The highest BCUT2D eigenvalue weighted by Gasteiger charge is 2.21. The molecule has 0 spiro atoms. The van der Waals surface area contributed by atoms with Gasteiger partial charge in [-0.25, -0.2) is 9.97 Å². The molecule has 0 saturated heterocycles. The van der Waals surface area contributed by atoms with Crippen molar-refractivity contribution in [2.24, 2.45) is 5.73 Å². The van der Waals surface area contributed by atoms with E-state index < -0.39 is 5.54 Å². The van der Waals surface area contributed by atoms with E-state index in [9.17, 15) is 4.79 Å². The number of amides is 1. The van der Waals surface area contributed by atoms with Crippen molar-refractivity contribution in [3.8, 4) is 0 Å².